The maximum atomic E-state index is 13.1. The van der Waals surface area contributed by atoms with Crippen LogP contribution in [0.5, 0.6) is 11.5 Å². The molecule has 0 amide bonds. The molecular formula is C25H35N3O5S. The average molecular weight is 490 g/mol. The molecule has 0 spiro atoms. The lowest BCUT2D eigenvalue weighted by atomic mass is 10.1. The number of methoxy groups -OCH3 is 2. The van der Waals surface area contributed by atoms with Gasteiger partial charge in [-0.15, -0.1) is 11.3 Å². The van der Waals surface area contributed by atoms with Crippen molar-refractivity contribution < 1.29 is 19.3 Å². The van der Waals surface area contributed by atoms with Crippen LogP contribution in [0.15, 0.2) is 28.4 Å². The number of nitrogens with one attached hydrogen (secondary N) is 1. The van der Waals surface area contributed by atoms with Crippen molar-refractivity contribution in [2.24, 2.45) is 5.92 Å². The zero-order valence-corrected chi connectivity index (χ0v) is 21.4. The first kappa shape index (κ1) is 26.2. The van der Waals surface area contributed by atoms with Gasteiger partial charge in [0, 0.05) is 24.1 Å². The molecule has 34 heavy (non-hydrogen) atoms. The number of ether oxygens (including phenoxy) is 3. The molecule has 1 unspecified atom stereocenters. The molecule has 186 valence electrons. The van der Waals surface area contributed by atoms with E-state index in [-0.39, 0.29) is 5.56 Å². The van der Waals surface area contributed by atoms with Gasteiger partial charge in [0.2, 0.25) is 0 Å². The second-order valence-corrected chi connectivity index (χ2v) is 9.59. The molecule has 0 aliphatic heterocycles. The first-order valence-corrected chi connectivity index (χ1v) is 12.4. The van der Waals surface area contributed by atoms with Crippen LogP contribution in [-0.4, -0.2) is 66.6 Å². The number of benzene rings is 1. The van der Waals surface area contributed by atoms with E-state index in [4.69, 9.17) is 19.2 Å². The average Bonchev–Trinajstić information content (AvgIpc) is 3.23. The Morgan fingerprint density at radius 1 is 1.18 bits per heavy atom. The number of fused-ring (bicyclic) bond motifs is 1. The first-order valence-electron chi connectivity index (χ1n) is 11.6. The Morgan fingerprint density at radius 2 is 1.94 bits per heavy atom. The summed E-state index contributed by atoms with van der Waals surface area (Å²) in [6.07, 6.45) is 0.327. The van der Waals surface area contributed by atoms with Crippen molar-refractivity contribution in [3.05, 3.63) is 39.8 Å². The summed E-state index contributed by atoms with van der Waals surface area (Å²) in [7, 11) is 3.18. The summed E-state index contributed by atoms with van der Waals surface area (Å²) in [6.45, 7) is 8.84. The Morgan fingerprint density at radius 3 is 2.62 bits per heavy atom. The van der Waals surface area contributed by atoms with Crippen LogP contribution in [0.4, 0.5) is 0 Å². The minimum atomic E-state index is -0.598. The third-order valence-electron chi connectivity index (χ3n) is 5.33. The number of hydrogen-bond donors (Lipinski definition) is 2. The molecule has 1 atom stereocenters. The molecule has 3 rings (SSSR count). The Bertz CT molecular complexity index is 1130. The molecule has 1 aromatic carbocycles. The van der Waals surface area contributed by atoms with Crippen molar-refractivity contribution in [3.8, 4) is 22.6 Å². The SMILES string of the molecule is CCCN(Cc1nc2scc(-c3ccc(OC)c(OC)c3)c2c(=O)[nH]1)CC(O)COCC(C)C. The fourth-order valence-electron chi connectivity index (χ4n) is 3.84. The van der Waals surface area contributed by atoms with Gasteiger partial charge < -0.3 is 24.3 Å². The molecule has 2 N–H and O–H groups in total. The van der Waals surface area contributed by atoms with E-state index in [1.54, 1.807) is 14.2 Å². The van der Waals surface area contributed by atoms with Crippen LogP contribution in [0, 0.1) is 5.92 Å². The summed E-state index contributed by atoms with van der Waals surface area (Å²) in [5.41, 5.74) is 1.49. The van der Waals surface area contributed by atoms with Crippen molar-refractivity contribution in [1.29, 1.82) is 0 Å². The van der Waals surface area contributed by atoms with E-state index < -0.39 is 6.10 Å². The predicted molar refractivity (Wildman–Crippen MR) is 136 cm³/mol. The monoisotopic (exact) mass is 489 g/mol. The highest BCUT2D eigenvalue weighted by Gasteiger charge is 2.17. The summed E-state index contributed by atoms with van der Waals surface area (Å²) < 4.78 is 16.3. The molecule has 0 bridgehead atoms. The number of rotatable bonds is 13. The van der Waals surface area contributed by atoms with E-state index in [0.29, 0.717) is 59.8 Å². The molecule has 0 saturated heterocycles. The summed E-state index contributed by atoms with van der Waals surface area (Å²) in [4.78, 5) is 23.5. The second kappa shape index (κ2) is 12.3. The van der Waals surface area contributed by atoms with Crippen molar-refractivity contribution in [2.45, 2.75) is 39.8 Å². The van der Waals surface area contributed by atoms with E-state index in [2.05, 4.69) is 30.7 Å². The summed E-state index contributed by atoms with van der Waals surface area (Å²) in [5.74, 6) is 2.25. The van der Waals surface area contributed by atoms with Gasteiger partial charge in [-0.25, -0.2) is 4.98 Å². The van der Waals surface area contributed by atoms with Gasteiger partial charge in [-0.1, -0.05) is 26.8 Å². The maximum absolute atomic E-state index is 13.1. The van der Waals surface area contributed by atoms with Crippen LogP contribution in [0.25, 0.3) is 21.3 Å². The zero-order chi connectivity index (χ0) is 24.7. The molecule has 2 aromatic heterocycles. The van der Waals surface area contributed by atoms with Gasteiger partial charge in [-0.05, 0) is 36.6 Å². The van der Waals surface area contributed by atoms with Crippen LogP contribution in [0.2, 0.25) is 0 Å². The number of aromatic nitrogens is 2. The Balaban J connectivity index is 1.80. The van der Waals surface area contributed by atoms with Crippen molar-refractivity contribution >= 4 is 21.6 Å². The van der Waals surface area contributed by atoms with E-state index >= 15 is 0 Å². The third-order valence-corrected chi connectivity index (χ3v) is 6.20. The molecular weight excluding hydrogens is 454 g/mol. The summed E-state index contributed by atoms with van der Waals surface area (Å²) >= 11 is 1.44. The van der Waals surface area contributed by atoms with E-state index in [9.17, 15) is 9.90 Å². The molecule has 0 aliphatic carbocycles. The molecule has 2 heterocycles. The normalized spacial score (nSPS) is 12.6. The molecule has 0 aliphatic rings. The number of aliphatic hydroxyl groups is 1. The van der Waals surface area contributed by atoms with Crippen molar-refractivity contribution in [2.75, 3.05) is 40.5 Å². The highest BCUT2D eigenvalue weighted by Crippen LogP contribution is 2.36. The molecule has 0 saturated carbocycles. The summed E-state index contributed by atoms with van der Waals surface area (Å²) in [6, 6.07) is 5.59. The standard InChI is InChI=1S/C25H35N3O5S/c1-6-9-28(11-18(29)14-33-13-16(2)3)12-22-26-24(30)23-19(15-34-25(23)27-22)17-7-8-20(31-4)21(10-17)32-5/h7-8,10,15-16,18,29H,6,9,11-14H2,1-5H3,(H,26,27,30). The number of nitrogens with zero attached hydrogens (tertiary/aromatic N) is 2. The van der Waals surface area contributed by atoms with Gasteiger partial charge >= 0.3 is 0 Å². The van der Waals surface area contributed by atoms with Gasteiger partial charge in [0.1, 0.15) is 10.7 Å². The molecule has 3 aromatic rings. The predicted octanol–water partition coefficient (Wildman–Crippen LogP) is 3.91. The van der Waals surface area contributed by atoms with Crippen molar-refractivity contribution in [3.63, 3.8) is 0 Å². The quantitative estimate of drug-likeness (QED) is 0.376. The van der Waals surface area contributed by atoms with Gasteiger partial charge in [0.05, 0.1) is 38.9 Å². The van der Waals surface area contributed by atoms with Gasteiger partial charge in [0.25, 0.3) is 5.56 Å². The van der Waals surface area contributed by atoms with E-state index in [0.717, 1.165) is 24.1 Å². The number of thiophene rings is 1. The first-order chi connectivity index (χ1) is 16.4. The lowest BCUT2D eigenvalue weighted by molar-refractivity contribution is 0.00657. The highest BCUT2D eigenvalue weighted by molar-refractivity contribution is 7.17. The largest absolute Gasteiger partial charge is 0.493 e. The minimum Gasteiger partial charge on any atom is -0.493 e. The Labute approximate surface area is 204 Å². The fraction of sp³-hybridized carbons (Fsp3) is 0.520. The molecule has 9 heteroatoms. The number of aliphatic hydroxyl groups excluding tert-OH is 1. The number of H-pyrrole nitrogens is 1. The van der Waals surface area contributed by atoms with Crippen LogP contribution in [-0.2, 0) is 11.3 Å². The van der Waals surface area contributed by atoms with Gasteiger partial charge in [0.15, 0.2) is 11.5 Å². The molecule has 8 nitrogen and oxygen atoms in total. The van der Waals surface area contributed by atoms with Crippen LogP contribution in [0.3, 0.4) is 0 Å². The van der Waals surface area contributed by atoms with Gasteiger partial charge in [-0.2, -0.15) is 0 Å². The maximum Gasteiger partial charge on any atom is 0.260 e. The fourth-order valence-corrected chi connectivity index (χ4v) is 4.80. The number of hydrogen-bond acceptors (Lipinski definition) is 8. The lowest BCUT2D eigenvalue weighted by Gasteiger charge is -2.24. The summed E-state index contributed by atoms with van der Waals surface area (Å²) in [5, 5.41) is 12.9. The Hall–Kier alpha value is -2.46. The third kappa shape index (κ3) is 6.56. The van der Waals surface area contributed by atoms with Crippen LogP contribution in [0.1, 0.15) is 33.0 Å². The minimum absolute atomic E-state index is 0.178. The molecule has 0 fully saturated rings. The van der Waals surface area contributed by atoms with Crippen LogP contribution < -0.4 is 15.0 Å². The van der Waals surface area contributed by atoms with Crippen molar-refractivity contribution in [1.82, 2.24) is 14.9 Å². The van der Waals surface area contributed by atoms with E-state index in [1.165, 1.54) is 11.3 Å². The highest BCUT2D eigenvalue weighted by atomic mass is 32.1. The topological polar surface area (TPSA) is 96.9 Å². The number of aromatic amines is 1. The smallest absolute Gasteiger partial charge is 0.260 e. The van der Waals surface area contributed by atoms with Gasteiger partial charge in [-0.3, -0.25) is 9.69 Å². The Kier molecular flexibility index (Phi) is 9.46. The van der Waals surface area contributed by atoms with Crippen LogP contribution >= 0.6 is 11.3 Å². The molecule has 0 radical (unpaired) electrons. The second-order valence-electron chi connectivity index (χ2n) is 8.73. The lowest BCUT2D eigenvalue weighted by Crippen LogP contribution is -2.36. The zero-order valence-electron chi connectivity index (χ0n) is 20.6. The van der Waals surface area contributed by atoms with E-state index in [1.807, 2.05) is 23.6 Å².